The number of hydrogen-bond donors (Lipinski definition) is 3. The number of nitrogens with zero attached hydrogens (tertiary/aromatic N) is 1. The van der Waals surface area contributed by atoms with Gasteiger partial charge in [-0.05, 0) is 12.1 Å². The number of aliphatic carboxylic acids is 1. The Bertz CT molecular complexity index is 367. The van der Waals surface area contributed by atoms with Gasteiger partial charge >= 0.3 is 5.97 Å². The first-order valence-corrected chi connectivity index (χ1v) is 4.31. The normalized spacial score (nSPS) is 10.7. The van der Waals surface area contributed by atoms with Crippen molar-refractivity contribution in [3.63, 3.8) is 0 Å². The summed E-state index contributed by atoms with van der Waals surface area (Å²) >= 11 is 0. The van der Waals surface area contributed by atoms with Crippen LogP contribution >= 0.6 is 0 Å². The number of carboxylic acids is 1. The third kappa shape index (κ3) is 3.30. The minimum Gasteiger partial charge on any atom is -0.508 e. The van der Waals surface area contributed by atoms with Crippen LogP contribution in [-0.4, -0.2) is 34.0 Å². The number of phenols is 2. The number of carbonyl (C=O) groups is 1. The molecule has 1 aromatic carbocycles. The van der Waals surface area contributed by atoms with E-state index in [-0.39, 0.29) is 24.5 Å². The number of carboxylic acid groups (broad SMARTS) is 1. The molecule has 0 aliphatic rings. The standard InChI is InChI=1S/C10H11NO4/c12-8-2-1-3-9(13)7(8)4-5-11-6-10(14)15/h1-3,5,12-13H,4,6H2,(H,14,15). The molecule has 1 aromatic rings. The first kappa shape index (κ1) is 11.0. The predicted octanol–water partition coefficient (Wildman–Crippen LogP) is 0.796. The Kier molecular flexibility index (Phi) is 3.68. The lowest BCUT2D eigenvalue weighted by Crippen LogP contribution is -1.99. The first-order chi connectivity index (χ1) is 7.11. The van der Waals surface area contributed by atoms with Crippen LogP contribution in [0.5, 0.6) is 11.5 Å². The summed E-state index contributed by atoms with van der Waals surface area (Å²) in [5.74, 6) is -1.08. The van der Waals surface area contributed by atoms with Gasteiger partial charge in [0.05, 0.1) is 0 Å². The van der Waals surface area contributed by atoms with Crippen LogP contribution < -0.4 is 0 Å². The zero-order valence-electron chi connectivity index (χ0n) is 7.92. The van der Waals surface area contributed by atoms with E-state index >= 15 is 0 Å². The average molecular weight is 209 g/mol. The number of hydrogen-bond acceptors (Lipinski definition) is 4. The Balaban J connectivity index is 2.65. The SMILES string of the molecule is O=C(O)CN=CCc1c(O)cccc1O. The molecule has 5 nitrogen and oxygen atoms in total. The van der Waals surface area contributed by atoms with Gasteiger partial charge in [-0.3, -0.25) is 9.79 Å². The molecular weight excluding hydrogens is 198 g/mol. The molecule has 0 fully saturated rings. The lowest BCUT2D eigenvalue weighted by Gasteiger charge is -2.02. The predicted molar refractivity (Wildman–Crippen MR) is 54.5 cm³/mol. The Hall–Kier alpha value is -2.04. The number of benzene rings is 1. The molecule has 0 heterocycles. The molecule has 0 saturated carbocycles. The van der Waals surface area contributed by atoms with Crippen molar-refractivity contribution >= 4 is 12.2 Å². The van der Waals surface area contributed by atoms with Gasteiger partial charge in [0.25, 0.3) is 0 Å². The minimum absolute atomic E-state index is 0.0308. The average Bonchev–Trinajstić information content (AvgIpc) is 2.15. The maximum absolute atomic E-state index is 10.1. The van der Waals surface area contributed by atoms with Crippen LogP contribution in [0.25, 0.3) is 0 Å². The van der Waals surface area contributed by atoms with E-state index in [1.807, 2.05) is 0 Å². The highest BCUT2D eigenvalue weighted by atomic mass is 16.4. The fraction of sp³-hybridized carbons (Fsp3) is 0.200. The molecule has 0 atom stereocenters. The summed E-state index contributed by atoms with van der Waals surface area (Å²) < 4.78 is 0. The quantitative estimate of drug-likeness (QED) is 0.639. The molecule has 0 bridgehead atoms. The molecule has 0 amide bonds. The van der Waals surface area contributed by atoms with E-state index in [0.29, 0.717) is 5.56 Å². The summed E-state index contributed by atoms with van der Waals surface area (Å²) in [5.41, 5.74) is 0.339. The molecule has 0 aliphatic carbocycles. The molecule has 0 unspecified atom stereocenters. The molecule has 0 spiro atoms. The van der Waals surface area contributed by atoms with Crippen molar-refractivity contribution in [1.29, 1.82) is 0 Å². The summed E-state index contributed by atoms with van der Waals surface area (Å²) in [6.07, 6.45) is 1.55. The molecule has 1 rings (SSSR count). The van der Waals surface area contributed by atoms with Crippen LogP contribution in [0.3, 0.4) is 0 Å². The molecule has 15 heavy (non-hydrogen) atoms. The molecule has 80 valence electrons. The van der Waals surface area contributed by atoms with E-state index in [2.05, 4.69) is 4.99 Å². The van der Waals surface area contributed by atoms with Crippen LogP contribution in [0.4, 0.5) is 0 Å². The summed E-state index contributed by atoms with van der Waals surface area (Å²) in [4.78, 5) is 13.7. The van der Waals surface area contributed by atoms with Crippen LogP contribution in [0.1, 0.15) is 5.56 Å². The van der Waals surface area contributed by atoms with Gasteiger partial charge in [0, 0.05) is 18.2 Å². The summed E-state index contributed by atoms with van der Waals surface area (Å²) in [6, 6.07) is 4.41. The third-order valence-corrected chi connectivity index (χ3v) is 1.78. The van der Waals surface area contributed by atoms with Crippen molar-refractivity contribution in [2.24, 2.45) is 4.99 Å². The van der Waals surface area contributed by atoms with Gasteiger partial charge in [-0.1, -0.05) is 6.07 Å². The van der Waals surface area contributed by atoms with Crippen molar-refractivity contribution in [2.75, 3.05) is 6.54 Å². The largest absolute Gasteiger partial charge is 0.508 e. The molecule has 0 aromatic heterocycles. The maximum Gasteiger partial charge on any atom is 0.325 e. The van der Waals surface area contributed by atoms with E-state index in [1.165, 1.54) is 24.4 Å². The number of aliphatic imine (C=N–C) groups is 1. The lowest BCUT2D eigenvalue weighted by atomic mass is 10.1. The van der Waals surface area contributed by atoms with Crippen molar-refractivity contribution in [3.05, 3.63) is 23.8 Å². The highest BCUT2D eigenvalue weighted by Crippen LogP contribution is 2.25. The topological polar surface area (TPSA) is 90.1 Å². The highest BCUT2D eigenvalue weighted by Gasteiger charge is 2.04. The van der Waals surface area contributed by atoms with E-state index in [9.17, 15) is 15.0 Å². The van der Waals surface area contributed by atoms with Gasteiger partial charge in [0.1, 0.15) is 18.0 Å². The van der Waals surface area contributed by atoms with Crippen LogP contribution in [0, 0.1) is 0 Å². The van der Waals surface area contributed by atoms with Gasteiger partial charge < -0.3 is 15.3 Å². The first-order valence-electron chi connectivity index (χ1n) is 4.31. The molecule has 5 heteroatoms. The second kappa shape index (κ2) is 4.99. The Morgan fingerprint density at radius 3 is 2.47 bits per heavy atom. The van der Waals surface area contributed by atoms with Crippen LogP contribution in [0.2, 0.25) is 0 Å². The summed E-state index contributed by atoms with van der Waals surface area (Å²) in [6.45, 7) is -0.311. The van der Waals surface area contributed by atoms with E-state index in [0.717, 1.165) is 0 Å². The Morgan fingerprint density at radius 2 is 1.93 bits per heavy atom. The van der Waals surface area contributed by atoms with Gasteiger partial charge in [-0.15, -0.1) is 0 Å². The summed E-state index contributed by atoms with van der Waals surface area (Å²) in [7, 11) is 0. The van der Waals surface area contributed by atoms with Crippen molar-refractivity contribution in [3.8, 4) is 11.5 Å². The van der Waals surface area contributed by atoms with Gasteiger partial charge in [0.2, 0.25) is 0 Å². The van der Waals surface area contributed by atoms with E-state index < -0.39 is 5.97 Å². The van der Waals surface area contributed by atoms with Gasteiger partial charge in [0.15, 0.2) is 0 Å². The van der Waals surface area contributed by atoms with E-state index in [1.54, 1.807) is 0 Å². The lowest BCUT2D eigenvalue weighted by molar-refractivity contribution is -0.135. The second-order valence-electron chi connectivity index (χ2n) is 2.90. The number of aromatic hydroxyl groups is 2. The van der Waals surface area contributed by atoms with Crippen molar-refractivity contribution in [2.45, 2.75) is 6.42 Å². The van der Waals surface area contributed by atoms with E-state index in [4.69, 9.17) is 5.11 Å². The second-order valence-corrected chi connectivity index (χ2v) is 2.90. The minimum atomic E-state index is -1.02. The zero-order valence-corrected chi connectivity index (χ0v) is 7.92. The monoisotopic (exact) mass is 209 g/mol. The zero-order chi connectivity index (χ0) is 11.3. The molecule has 0 aliphatic heterocycles. The maximum atomic E-state index is 10.1. The summed E-state index contributed by atoms with van der Waals surface area (Å²) in [5, 5.41) is 27.0. The number of rotatable bonds is 4. The van der Waals surface area contributed by atoms with Gasteiger partial charge in [-0.2, -0.15) is 0 Å². The fourth-order valence-corrected chi connectivity index (χ4v) is 1.07. The van der Waals surface area contributed by atoms with Crippen LogP contribution in [-0.2, 0) is 11.2 Å². The Labute approximate surface area is 86.3 Å². The number of phenolic OH excluding ortho intramolecular Hbond substituents is 2. The van der Waals surface area contributed by atoms with Crippen LogP contribution in [0.15, 0.2) is 23.2 Å². The third-order valence-electron chi connectivity index (χ3n) is 1.78. The fourth-order valence-electron chi connectivity index (χ4n) is 1.07. The highest BCUT2D eigenvalue weighted by molar-refractivity contribution is 5.73. The van der Waals surface area contributed by atoms with Crippen molar-refractivity contribution < 1.29 is 20.1 Å². The molecular formula is C10H11NO4. The Morgan fingerprint density at radius 1 is 1.33 bits per heavy atom. The molecule has 3 N–H and O–H groups in total. The molecule has 0 radical (unpaired) electrons. The van der Waals surface area contributed by atoms with Crippen molar-refractivity contribution in [1.82, 2.24) is 0 Å². The molecule has 0 saturated heterocycles. The van der Waals surface area contributed by atoms with Gasteiger partial charge in [-0.25, -0.2) is 0 Å². The smallest absolute Gasteiger partial charge is 0.325 e.